The van der Waals surface area contributed by atoms with Gasteiger partial charge in [-0.2, -0.15) is 0 Å². The molecule has 6 nitrogen and oxygen atoms in total. The SMILES string of the molecule is CSc1cnc(NC[C@@H](C)CNC(=O)OC(C)(C)C)nc1. The van der Waals surface area contributed by atoms with Gasteiger partial charge in [0.2, 0.25) is 5.95 Å². The molecule has 1 atom stereocenters. The highest BCUT2D eigenvalue weighted by Gasteiger charge is 2.16. The Morgan fingerprint density at radius 2 is 1.95 bits per heavy atom. The molecule has 1 aromatic rings. The third kappa shape index (κ3) is 7.75. The van der Waals surface area contributed by atoms with Crippen molar-refractivity contribution < 1.29 is 9.53 Å². The Kier molecular flexibility index (Phi) is 6.74. The van der Waals surface area contributed by atoms with Gasteiger partial charge in [-0.05, 0) is 32.9 Å². The highest BCUT2D eigenvalue weighted by atomic mass is 32.2. The average molecular weight is 312 g/mol. The lowest BCUT2D eigenvalue weighted by Crippen LogP contribution is -2.36. The third-order valence-corrected chi connectivity index (χ3v) is 3.15. The van der Waals surface area contributed by atoms with Crippen LogP contribution in [0.15, 0.2) is 17.3 Å². The highest BCUT2D eigenvalue weighted by Crippen LogP contribution is 2.12. The van der Waals surface area contributed by atoms with Crippen molar-refractivity contribution in [2.45, 2.75) is 38.2 Å². The first-order valence-electron chi connectivity index (χ1n) is 6.87. The summed E-state index contributed by atoms with van der Waals surface area (Å²) >= 11 is 1.60. The Morgan fingerprint density at radius 3 is 2.48 bits per heavy atom. The third-order valence-electron chi connectivity index (χ3n) is 2.47. The molecule has 2 N–H and O–H groups in total. The van der Waals surface area contributed by atoms with Crippen LogP contribution in [0.1, 0.15) is 27.7 Å². The standard InChI is InChI=1S/C14H24N4O2S/c1-10(7-18-13(19)20-14(2,3)4)6-15-12-16-8-11(21-5)9-17-12/h8-10H,6-7H2,1-5H3,(H,18,19)(H,15,16,17)/t10-/m1/s1. The number of carbonyl (C=O) groups is 1. The molecule has 21 heavy (non-hydrogen) atoms. The van der Waals surface area contributed by atoms with Crippen LogP contribution in [-0.4, -0.2) is 41.0 Å². The lowest BCUT2D eigenvalue weighted by atomic mass is 10.2. The molecule has 0 saturated carbocycles. The molecule has 0 aromatic carbocycles. The van der Waals surface area contributed by atoms with Crippen molar-refractivity contribution in [3.8, 4) is 0 Å². The van der Waals surface area contributed by atoms with Gasteiger partial charge in [-0.25, -0.2) is 14.8 Å². The maximum Gasteiger partial charge on any atom is 0.407 e. The fourth-order valence-electron chi connectivity index (χ4n) is 1.42. The normalized spacial score (nSPS) is 12.6. The largest absolute Gasteiger partial charge is 0.444 e. The summed E-state index contributed by atoms with van der Waals surface area (Å²) in [6, 6.07) is 0. The number of ether oxygens (including phenoxy) is 1. The van der Waals surface area contributed by atoms with Crippen molar-refractivity contribution >= 4 is 23.8 Å². The minimum atomic E-state index is -0.474. The molecular formula is C14H24N4O2S. The van der Waals surface area contributed by atoms with Gasteiger partial charge in [0.1, 0.15) is 5.60 Å². The van der Waals surface area contributed by atoms with Gasteiger partial charge < -0.3 is 15.4 Å². The smallest absolute Gasteiger partial charge is 0.407 e. The van der Waals surface area contributed by atoms with Crippen LogP contribution in [0.2, 0.25) is 0 Å². The zero-order chi connectivity index (χ0) is 15.9. The molecular weight excluding hydrogens is 288 g/mol. The van der Waals surface area contributed by atoms with Crippen LogP contribution in [0.25, 0.3) is 0 Å². The van der Waals surface area contributed by atoms with Crippen LogP contribution in [0.3, 0.4) is 0 Å². The van der Waals surface area contributed by atoms with Gasteiger partial charge in [-0.3, -0.25) is 0 Å². The van der Waals surface area contributed by atoms with Crippen molar-refractivity contribution in [1.29, 1.82) is 0 Å². The Bertz CT molecular complexity index is 445. The second-order valence-corrected chi connectivity index (χ2v) is 6.70. The molecule has 0 spiro atoms. The number of alkyl carbamates (subject to hydrolysis) is 1. The Labute approximate surface area is 130 Å². The topological polar surface area (TPSA) is 76.1 Å². The van der Waals surface area contributed by atoms with E-state index in [4.69, 9.17) is 4.74 Å². The fraction of sp³-hybridized carbons (Fsp3) is 0.643. The molecule has 1 rings (SSSR count). The van der Waals surface area contributed by atoms with Gasteiger partial charge in [0, 0.05) is 30.4 Å². The van der Waals surface area contributed by atoms with E-state index in [0.717, 1.165) is 4.90 Å². The van der Waals surface area contributed by atoms with E-state index in [-0.39, 0.29) is 5.92 Å². The number of aromatic nitrogens is 2. The first kappa shape index (κ1) is 17.6. The van der Waals surface area contributed by atoms with E-state index < -0.39 is 11.7 Å². The maximum atomic E-state index is 11.5. The predicted octanol–water partition coefficient (Wildman–Crippen LogP) is 2.77. The molecule has 0 bridgehead atoms. The average Bonchev–Trinajstić information content (AvgIpc) is 2.41. The second kappa shape index (κ2) is 8.07. The monoisotopic (exact) mass is 312 g/mol. The maximum absolute atomic E-state index is 11.5. The van der Waals surface area contributed by atoms with Crippen molar-refractivity contribution in [2.75, 3.05) is 24.7 Å². The quantitative estimate of drug-likeness (QED) is 0.787. The predicted molar refractivity (Wildman–Crippen MR) is 85.7 cm³/mol. The molecule has 0 fully saturated rings. The van der Waals surface area contributed by atoms with Crippen LogP contribution in [0.5, 0.6) is 0 Å². The number of nitrogens with zero attached hydrogens (tertiary/aromatic N) is 2. The van der Waals surface area contributed by atoms with Crippen molar-refractivity contribution in [3.63, 3.8) is 0 Å². The Balaban J connectivity index is 2.27. The molecule has 1 amide bonds. The molecule has 0 aliphatic heterocycles. The Morgan fingerprint density at radius 1 is 1.33 bits per heavy atom. The molecule has 1 heterocycles. The summed E-state index contributed by atoms with van der Waals surface area (Å²) < 4.78 is 5.18. The number of hydrogen-bond donors (Lipinski definition) is 2. The van der Waals surface area contributed by atoms with E-state index in [1.165, 1.54) is 0 Å². The first-order valence-corrected chi connectivity index (χ1v) is 8.09. The van der Waals surface area contributed by atoms with Crippen LogP contribution in [0.4, 0.5) is 10.7 Å². The molecule has 0 aliphatic carbocycles. The lowest BCUT2D eigenvalue weighted by molar-refractivity contribution is 0.0521. The second-order valence-electron chi connectivity index (χ2n) is 5.82. The first-order chi connectivity index (χ1) is 9.80. The summed E-state index contributed by atoms with van der Waals surface area (Å²) in [5, 5.41) is 5.89. The van der Waals surface area contributed by atoms with E-state index in [1.807, 2.05) is 34.0 Å². The molecule has 0 saturated heterocycles. The summed E-state index contributed by atoms with van der Waals surface area (Å²) in [6.45, 7) is 8.76. The van der Waals surface area contributed by atoms with Crippen molar-refractivity contribution in [1.82, 2.24) is 15.3 Å². The molecule has 0 aliphatic rings. The van der Waals surface area contributed by atoms with Gasteiger partial charge in [-0.15, -0.1) is 11.8 Å². The minimum Gasteiger partial charge on any atom is -0.444 e. The fourth-order valence-corrected chi connectivity index (χ4v) is 1.74. The number of amides is 1. The van der Waals surface area contributed by atoms with E-state index in [0.29, 0.717) is 19.0 Å². The van der Waals surface area contributed by atoms with E-state index in [9.17, 15) is 4.79 Å². The van der Waals surface area contributed by atoms with Crippen molar-refractivity contribution in [3.05, 3.63) is 12.4 Å². The lowest BCUT2D eigenvalue weighted by Gasteiger charge is -2.20. The molecule has 0 radical (unpaired) electrons. The summed E-state index contributed by atoms with van der Waals surface area (Å²) in [7, 11) is 0. The van der Waals surface area contributed by atoms with Crippen LogP contribution in [-0.2, 0) is 4.74 Å². The van der Waals surface area contributed by atoms with Gasteiger partial charge in [0.25, 0.3) is 0 Å². The van der Waals surface area contributed by atoms with Gasteiger partial charge in [0.05, 0.1) is 0 Å². The zero-order valence-corrected chi connectivity index (χ0v) is 14.1. The summed E-state index contributed by atoms with van der Waals surface area (Å²) in [6.07, 6.45) is 5.15. The number of anilines is 1. The number of rotatable bonds is 6. The van der Waals surface area contributed by atoms with Crippen LogP contribution >= 0.6 is 11.8 Å². The minimum absolute atomic E-state index is 0.237. The number of nitrogens with one attached hydrogen (secondary N) is 2. The molecule has 7 heteroatoms. The Hall–Kier alpha value is -1.50. The summed E-state index contributed by atoms with van der Waals surface area (Å²) in [4.78, 5) is 21.0. The van der Waals surface area contributed by atoms with Crippen LogP contribution < -0.4 is 10.6 Å². The van der Waals surface area contributed by atoms with Gasteiger partial charge in [0.15, 0.2) is 0 Å². The highest BCUT2D eigenvalue weighted by molar-refractivity contribution is 7.98. The van der Waals surface area contributed by atoms with E-state index >= 15 is 0 Å². The molecule has 1 aromatic heterocycles. The molecule has 0 unspecified atom stereocenters. The molecule has 118 valence electrons. The summed E-state index contributed by atoms with van der Waals surface area (Å²) in [5.74, 6) is 0.832. The van der Waals surface area contributed by atoms with Crippen LogP contribution in [0, 0.1) is 5.92 Å². The number of carbonyl (C=O) groups excluding carboxylic acids is 1. The zero-order valence-electron chi connectivity index (χ0n) is 13.3. The number of hydrogen-bond acceptors (Lipinski definition) is 6. The van der Waals surface area contributed by atoms with Gasteiger partial charge >= 0.3 is 6.09 Å². The van der Waals surface area contributed by atoms with Crippen molar-refractivity contribution in [2.24, 2.45) is 5.92 Å². The van der Waals surface area contributed by atoms with E-state index in [1.54, 1.807) is 24.2 Å². The van der Waals surface area contributed by atoms with Gasteiger partial charge in [-0.1, -0.05) is 6.92 Å². The van der Waals surface area contributed by atoms with E-state index in [2.05, 4.69) is 20.6 Å². The summed E-state index contributed by atoms with van der Waals surface area (Å²) in [5.41, 5.74) is -0.474. The number of thioether (sulfide) groups is 1.